The van der Waals surface area contributed by atoms with Gasteiger partial charge in [-0.25, -0.2) is 4.98 Å². The lowest BCUT2D eigenvalue weighted by Gasteiger charge is -2.30. The van der Waals surface area contributed by atoms with Gasteiger partial charge in [-0.1, -0.05) is 25.1 Å². The smallest absolute Gasteiger partial charge is 0.270 e. The normalized spacial score (nSPS) is 17.4. The summed E-state index contributed by atoms with van der Waals surface area (Å²) < 4.78 is 6.84. The van der Waals surface area contributed by atoms with E-state index in [9.17, 15) is 9.59 Å². The van der Waals surface area contributed by atoms with Crippen LogP contribution in [0.4, 0.5) is 0 Å². The number of aromatic nitrogens is 4. The van der Waals surface area contributed by atoms with E-state index in [1.165, 1.54) is 10.6 Å². The number of carbonyl (C=O) groups is 1. The number of piperidine rings is 1. The first-order valence-electron chi connectivity index (χ1n) is 9.61. The second kappa shape index (κ2) is 7.53. The lowest BCUT2D eigenvalue weighted by molar-refractivity contribution is 0.0693. The minimum absolute atomic E-state index is 0.0118. The van der Waals surface area contributed by atoms with Gasteiger partial charge in [0, 0.05) is 31.9 Å². The molecule has 1 atom stereocenters. The molecule has 0 aromatic carbocycles. The Hall–Kier alpha value is -3.03. The minimum atomic E-state index is -0.352. The molecule has 4 rings (SSSR count). The zero-order chi connectivity index (χ0) is 19.7. The number of hydrogen-bond donors (Lipinski definition) is 0. The van der Waals surface area contributed by atoms with Gasteiger partial charge in [0.15, 0.2) is 5.82 Å². The minimum Gasteiger partial charge on any atom is -0.339 e. The predicted molar refractivity (Wildman–Crippen MR) is 102 cm³/mol. The van der Waals surface area contributed by atoms with Crippen LogP contribution in [0.15, 0.2) is 39.9 Å². The molecule has 28 heavy (non-hydrogen) atoms. The maximum absolute atomic E-state index is 13.0. The number of hydrogen-bond acceptors (Lipinski definition) is 6. The topological polar surface area (TPSA) is 93.6 Å². The van der Waals surface area contributed by atoms with Crippen molar-refractivity contribution in [3.8, 4) is 0 Å². The summed E-state index contributed by atoms with van der Waals surface area (Å²) in [6, 6.07) is 5.28. The molecule has 0 radical (unpaired) electrons. The fourth-order valence-electron chi connectivity index (χ4n) is 3.59. The van der Waals surface area contributed by atoms with Crippen molar-refractivity contribution in [1.82, 2.24) is 24.4 Å². The van der Waals surface area contributed by atoms with Crippen LogP contribution >= 0.6 is 0 Å². The van der Waals surface area contributed by atoms with E-state index in [1.807, 2.05) is 0 Å². The quantitative estimate of drug-likeness (QED) is 0.688. The molecule has 146 valence electrons. The van der Waals surface area contributed by atoms with E-state index in [1.54, 1.807) is 29.3 Å². The average Bonchev–Trinajstić information content (AvgIpc) is 3.16. The second-order valence-corrected chi connectivity index (χ2v) is 7.64. The molecule has 0 saturated carbocycles. The number of pyridine rings is 1. The van der Waals surface area contributed by atoms with Gasteiger partial charge >= 0.3 is 0 Å². The number of likely N-dealkylation sites (tertiary alicyclic amines) is 1. The molecule has 1 aliphatic rings. The Morgan fingerprint density at radius 1 is 1.36 bits per heavy atom. The number of rotatable bonds is 4. The van der Waals surface area contributed by atoms with Crippen LogP contribution in [0, 0.1) is 5.92 Å². The standard InChI is InChI=1S/C20H23N5O3/c1-13(2)10-16-22-18(28-23-16)14-6-5-8-24(12-14)19(26)15-11-21-17-7-3-4-9-25(17)20(15)27/h3-4,7,9,11,13-14H,5-6,8,10,12H2,1-2H3. The maximum atomic E-state index is 13.0. The first kappa shape index (κ1) is 18.3. The van der Waals surface area contributed by atoms with Crippen LogP contribution in [0.1, 0.15) is 54.7 Å². The molecule has 1 aliphatic heterocycles. The molecule has 0 aliphatic carbocycles. The summed E-state index contributed by atoms with van der Waals surface area (Å²) in [5.74, 6) is 1.40. The van der Waals surface area contributed by atoms with Gasteiger partial charge in [-0.15, -0.1) is 0 Å². The van der Waals surface area contributed by atoms with Crippen molar-refractivity contribution in [2.75, 3.05) is 13.1 Å². The van der Waals surface area contributed by atoms with Crippen LogP contribution in [-0.4, -0.2) is 43.4 Å². The molecule has 8 heteroatoms. The number of amides is 1. The lowest BCUT2D eigenvalue weighted by atomic mass is 9.97. The molecular formula is C20H23N5O3. The zero-order valence-electron chi connectivity index (χ0n) is 16.0. The Labute approximate surface area is 162 Å². The summed E-state index contributed by atoms with van der Waals surface area (Å²) >= 11 is 0. The van der Waals surface area contributed by atoms with Gasteiger partial charge in [0.2, 0.25) is 5.89 Å². The van der Waals surface area contributed by atoms with E-state index in [2.05, 4.69) is 29.0 Å². The molecule has 0 bridgehead atoms. The summed E-state index contributed by atoms with van der Waals surface area (Å²) in [5.41, 5.74) is 0.245. The van der Waals surface area contributed by atoms with Crippen molar-refractivity contribution in [2.24, 2.45) is 5.92 Å². The summed E-state index contributed by atoms with van der Waals surface area (Å²) in [6.45, 7) is 5.26. The van der Waals surface area contributed by atoms with Gasteiger partial charge in [-0.2, -0.15) is 4.98 Å². The Bertz CT molecular complexity index is 1060. The van der Waals surface area contributed by atoms with Crippen molar-refractivity contribution in [3.63, 3.8) is 0 Å². The van der Waals surface area contributed by atoms with Crippen molar-refractivity contribution in [3.05, 3.63) is 58.2 Å². The van der Waals surface area contributed by atoms with Crippen LogP contribution in [0.2, 0.25) is 0 Å². The van der Waals surface area contributed by atoms with Gasteiger partial charge in [0.25, 0.3) is 11.5 Å². The van der Waals surface area contributed by atoms with Crippen molar-refractivity contribution in [1.29, 1.82) is 0 Å². The first-order chi connectivity index (χ1) is 13.5. The number of carbonyl (C=O) groups excluding carboxylic acids is 1. The van der Waals surface area contributed by atoms with Crippen LogP contribution in [0.3, 0.4) is 0 Å². The van der Waals surface area contributed by atoms with E-state index in [4.69, 9.17) is 4.52 Å². The molecule has 3 aromatic rings. The molecular weight excluding hydrogens is 358 g/mol. The summed E-state index contributed by atoms with van der Waals surface area (Å²) in [4.78, 5) is 36.1. The lowest BCUT2D eigenvalue weighted by Crippen LogP contribution is -2.41. The summed E-state index contributed by atoms with van der Waals surface area (Å²) in [7, 11) is 0. The molecule has 0 N–H and O–H groups in total. The van der Waals surface area contributed by atoms with Crippen molar-refractivity contribution < 1.29 is 9.32 Å². The molecule has 1 amide bonds. The number of fused-ring (bicyclic) bond motifs is 1. The van der Waals surface area contributed by atoms with E-state index in [-0.39, 0.29) is 22.9 Å². The molecule has 0 spiro atoms. The monoisotopic (exact) mass is 381 g/mol. The molecule has 3 aromatic heterocycles. The fraction of sp³-hybridized carbons (Fsp3) is 0.450. The van der Waals surface area contributed by atoms with Gasteiger partial charge in [-0.3, -0.25) is 14.0 Å². The maximum Gasteiger partial charge on any atom is 0.270 e. The molecule has 1 unspecified atom stereocenters. The summed E-state index contributed by atoms with van der Waals surface area (Å²) in [5, 5.41) is 4.05. The van der Waals surface area contributed by atoms with Gasteiger partial charge in [0.1, 0.15) is 11.2 Å². The van der Waals surface area contributed by atoms with Crippen molar-refractivity contribution in [2.45, 2.75) is 39.0 Å². The third-order valence-corrected chi connectivity index (χ3v) is 4.98. The van der Waals surface area contributed by atoms with Gasteiger partial charge in [-0.05, 0) is 30.9 Å². The average molecular weight is 381 g/mol. The highest BCUT2D eigenvalue weighted by Crippen LogP contribution is 2.26. The van der Waals surface area contributed by atoms with Crippen LogP contribution in [0.5, 0.6) is 0 Å². The van der Waals surface area contributed by atoms with E-state index in [0.717, 1.165) is 19.3 Å². The van der Waals surface area contributed by atoms with Crippen molar-refractivity contribution >= 4 is 11.6 Å². The van der Waals surface area contributed by atoms with E-state index in [0.29, 0.717) is 36.4 Å². The largest absolute Gasteiger partial charge is 0.339 e. The molecule has 4 heterocycles. The third-order valence-electron chi connectivity index (χ3n) is 4.98. The predicted octanol–water partition coefficient (Wildman–Crippen LogP) is 2.30. The summed E-state index contributed by atoms with van der Waals surface area (Å²) in [6.07, 6.45) is 5.45. The molecule has 1 fully saturated rings. The van der Waals surface area contributed by atoms with Crippen LogP contribution in [-0.2, 0) is 6.42 Å². The van der Waals surface area contributed by atoms with E-state index >= 15 is 0 Å². The SMILES string of the molecule is CC(C)Cc1noc(C2CCCN(C(=O)c3cnc4ccccn4c3=O)C2)n1. The number of nitrogens with zero attached hydrogens (tertiary/aromatic N) is 5. The fourth-order valence-corrected chi connectivity index (χ4v) is 3.59. The highest BCUT2D eigenvalue weighted by atomic mass is 16.5. The Morgan fingerprint density at radius 2 is 2.21 bits per heavy atom. The zero-order valence-corrected chi connectivity index (χ0v) is 16.0. The van der Waals surface area contributed by atoms with Gasteiger partial charge in [0.05, 0.1) is 5.92 Å². The Morgan fingerprint density at radius 3 is 3.04 bits per heavy atom. The van der Waals surface area contributed by atoms with Crippen LogP contribution in [0.25, 0.3) is 5.65 Å². The Balaban J connectivity index is 1.55. The highest BCUT2D eigenvalue weighted by Gasteiger charge is 2.30. The third kappa shape index (κ3) is 3.54. The molecule has 8 nitrogen and oxygen atoms in total. The van der Waals surface area contributed by atoms with Crippen LogP contribution < -0.4 is 5.56 Å². The second-order valence-electron chi connectivity index (χ2n) is 7.64. The Kier molecular flexibility index (Phi) is 4.93. The first-order valence-corrected chi connectivity index (χ1v) is 9.61. The molecule has 1 saturated heterocycles. The van der Waals surface area contributed by atoms with E-state index < -0.39 is 0 Å². The van der Waals surface area contributed by atoms with Gasteiger partial charge < -0.3 is 9.42 Å². The highest BCUT2D eigenvalue weighted by molar-refractivity contribution is 5.93.